The van der Waals surface area contributed by atoms with Crippen molar-refractivity contribution in [3.8, 4) is 6.07 Å². The first-order valence-corrected chi connectivity index (χ1v) is 9.58. The van der Waals surface area contributed by atoms with Gasteiger partial charge in [0.2, 0.25) is 0 Å². The van der Waals surface area contributed by atoms with E-state index in [0.717, 1.165) is 0 Å². The number of benzene rings is 2. The largest absolute Gasteiger partial charge is 0.347 e. The predicted molar refractivity (Wildman–Crippen MR) is 105 cm³/mol. The van der Waals surface area contributed by atoms with E-state index in [1.54, 1.807) is 53.4 Å². The highest BCUT2D eigenvalue weighted by atomic mass is 16.7. The van der Waals surface area contributed by atoms with Gasteiger partial charge in [0.1, 0.15) is 6.07 Å². The van der Waals surface area contributed by atoms with Crippen LogP contribution in [0, 0.1) is 11.3 Å². The number of carbonyl (C=O) groups is 2. The Morgan fingerprint density at radius 1 is 1.00 bits per heavy atom. The lowest BCUT2D eigenvalue weighted by Crippen LogP contribution is -2.47. The maximum absolute atomic E-state index is 12.9. The molecule has 7 heteroatoms. The minimum Gasteiger partial charge on any atom is -0.347 e. The molecular formula is C22H21N3O4. The molecule has 2 heterocycles. The molecule has 2 aliphatic rings. The van der Waals surface area contributed by atoms with Crippen LogP contribution < -0.4 is 5.32 Å². The Hall–Kier alpha value is -3.21. The Balaban J connectivity index is 1.45. The van der Waals surface area contributed by atoms with Crippen molar-refractivity contribution in [3.05, 3.63) is 65.2 Å². The molecule has 2 aromatic rings. The number of nitriles is 1. The molecule has 0 aliphatic carbocycles. The van der Waals surface area contributed by atoms with Crippen LogP contribution in [-0.2, 0) is 9.47 Å². The van der Waals surface area contributed by atoms with Gasteiger partial charge in [-0.15, -0.1) is 0 Å². The summed E-state index contributed by atoms with van der Waals surface area (Å²) in [5.74, 6) is -1.02. The summed E-state index contributed by atoms with van der Waals surface area (Å²) in [6.07, 6.45) is 1.29. The maximum atomic E-state index is 12.9. The molecule has 1 spiro atoms. The highest BCUT2D eigenvalue weighted by molar-refractivity contribution is 6.06. The Kier molecular flexibility index (Phi) is 5.30. The Morgan fingerprint density at radius 3 is 2.41 bits per heavy atom. The third-order valence-corrected chi connectivity index (χ3v) is 5.29. The van der Waals surface area contributed by atoms with Crippen LogP contribution >= 0.6 is 0 Å². The van der Waals surface area contributed by atoms with Gasteiger partial charge in [-0.05, 0) is 30.3 Å². The van der Waals surface area contributed by atoms with Gasteiger partial charge in [-0.1, -0.05) is 18.2 Å². The van der Waals surface area contributed by atoms with Crippen LogP contribution in [0.1, 0.15) is 39.1 Å². The van der Waals surface area contributed by atoms with E-state index >= 15 is 0 Å². The molecule has 7 nitrogen and oxygen atoms in total. The zero-order valence-corrected chi connectivity index (χ0v) is 15.9. The zero-order chi connectivity index (χ0) is 20.3. The molecule has 1 N–H and O–H groups in total. The molecule has 0 unspecified atom stereocenters. The van der Waals surface area contributed by atoms with Gasteiger partial charge in [0.25, 0.3) is 11.8 Å². The monoisotopic (exact) mass is 391 g/mol. The van der Waals surface area contributed by atoms with Crippen molar-refractivity contribution in [1.82, 2.24) is 4.90 Å². The molecular weight excluding hydrogens is 370 g/mol. The van der Waals surface area contributed by atoms with Crippen molar-refractivity contribution in [3.63, 3.8) is 0 Å². The molecule has 2 saturated heterocycles. The lowest BCUT2D eigenvalue weighted by atomic mass is 10.0. The molecule has 2 aliphatic heterocycles. The fraction of sp³-hybridized carbons (Fsp3) is 0.318. The first kappa shape index (κ1) is 19.1. The van der Waals surface area contributed by atoms with Crippen molar-refractivity contribution < 1.29 is 19.1 Å². The summed E-state index contributed by atoms with van der Waals surface area (Å²) in [4.78, 5) is 27.3. The van der Waals surface area contributed by atoms with Gasteiger partial charge in [-0.3, -0.25) is 9.59 Å². The summed E-state index contributed by atoms with van der Waals surface area (Å²) >= 11 is 0. The predicted octanol–water partition coefficient (Wildman–Crippen LogP) is 2.79. The summed E-state index contributed by atoms with van der Waals surface area (Å²) in [6.45, 7) is 2.29. The lowest BCUT2D eigenvalue weighted by Gasteiger charge is -2.37. The van der Waals surface area contributed by atoms with Crippen molar-refractivity contribution in [2.24, 2.45) is 0 Å². The summed E-state index contributed by atoms with van der Waals surface area (Å²) in [7, 11) is 0. The number of hydrogen-bond acceptors (Lipinski definition) is 5. The Bertz CT molecular complexity index is 966. The normalized spacial score (nSPS) is 17.7. The van der Waals surface area contributed by atoms with E-state index in [9.17, 15) is 14.9 Å². The van der Waals surface area contributed by atoms with E-state index in [4.69, 9.17) is 9.47 Å². The molecule has 2 fully saturated rings. The topological polar surface area (TPSA) is 91.7 Å². The Morgan fingerprint density at radius 2 is 1.69 bits per heavy atom. The van der Waals surface area contributed by atoms with E-state index in [1.807, 2.05) is 6.07 Å². The fourth-order valence-electron chi connectivity index (χ4n) is 3.70. The van der Waals surface area contributed by atoms with Gasteiger partial charge in [0, 0.05) is 37.1 Å². The number of carbonyl (C=O) groups excluding carboxylic acids is 2. The quantitative estimate of drug-likeness (QED) is 0.869. The average molecular weight is 391 g/mol. The Labute approximate surface area is 168 Å². The van der Waals surface area contributed by atoms with Crippen molar-refractivity contribution in [1.29, 1.82) is 5.26 Å². The number of nitrogens with zero attached hydrogens (tertiary/aromatic N) is 2. The number of anilines is 1. The van der Waals surface area contributed by atoms with Crippen LogP contribution in [-0.4, -0.2) is 48.8 Å². The first-order valence-electron chi connectivity index (χ1n) is 9.58. The van der Waals surface area contributed by atoms with E-state index in [0.29, 0.717) is 61.5 Å². The van der Waals surface area contributed by atoms with Gasteiger partial charge in [0.15, 0.2) is 5.79 Å². The van der Waals surface area contributed by atoms with Crippen molar-refractivity contribution in [2.45, 2.75) is 18.6 Å². The average Bonchev–Trinajstić information content (AvgIpc) is 3.22. The highest BCUT2D eigenvalue weighted by Crippen LogP contribution is 2.31. The SMILES string of the molecule is N#Cc1ccccc1NC(=O)c1cccc(C(=O)N2CCC3(CC2)OCCO3)c1. The summed E-state index contributed by atoms with van der Waals surface area (Å²) in [6, 6.07) is 15.5. The van der Waals surface area contributed by atoms with E-state index in [-0.39, 0.29) is 11.8 Å². The molecule has 0 radical (unpaired) electrons. The minimum atomic E-state index is -0.535. The molecule has 0 aromatic heterocycles. The summed E-state index contributed by atoms with van der Waals surface area (Å²) in [5.41, 5.74) is 1.64. The molecule has 29 heavy (non-hydrogen) atoms. The molecule has 2 aromatic carbocycles. The van der Waals surface area contributed by atoms with Crippen molar-refractivity contribution >= 4 is 17.5 Å². The molecule has 148 valence electrons. The van der Waals surface area contributed by atoms with Crippen LogP contribution in [0.3, 0.4) is 0 Å². The molecule has 0 atom stereocenters. The second-order valence-corrected chi connectivity index (χ2v) is 7.09. The number of amides is 2. The number of rotatable bonds is 3. The van der Waals surface area contributed by atoms with Crippen molar-refractivity contribution in [2.75, 3.05) is 31.6 Å². The highest BCUT2D eigenvalue weighted by Gasteiger charge is 2.40. The van der Waals surface area contributed by atoms with Crippen LogP contribution in [0.4, 0.5) is 5.69 Å². The number of piperidine rings is 1. The number of hydrogen-bond donors (Lipinski definition) is 1. The standard InChI is InChI=1S/C22H21N3O4/c23-15-18-4-1-2-7-19(18)24-20(26)16-5-3-6-17(14-16)21(27)25-10-8-22(9-11-25)28-12-13-29-22/h1-7,14H,8-13H2,(H,24,26). The van der Waals surface area contributed by atoms with Gasteiger partial charge in [0.05, 0.1) is 24.5 Å². The second kappa shape index (κ2) is 8.03. The number of ether oxygens (including phenoxy) is 2. The number of nitrogens with one attached hydrogen (secondary N) is 1. The van der Waals surface area contributed by atoms with Crippen LogP contribution in [0.25, 0.3) is 0 Å². The third kappa shape index (κ3) is 3.99. The molecule has 0 saturated carbocycles. The maximum Gasteiger partial charge on any atom is 0.255 e. The number of para-hydroxylation sites is 1. The van der Waals surface area contributed by atoms with E-state index in [1.165, 1.54) is 0 Å². The van der Waals surface area contributed by atoms with Gasteiger partial charge in [-0.25, -0.2) is 0 Å². The molecule has 2 amide bonds. The molecule has 0 bridgehead atoms. The van der Waals surface area contributed by atoms with Gasteiger partial charge < -0.3 is 19.7 Å². The van der Waals surface area contributed by atoms with Crippen LogP contribution in [0.15, 0.2) is 48.5 Å². The second-order valence-electron chi connectivity index (χ2n) is 7.09. The van der Waals surface area contributed by atoms with E-state index in [2.05, 4.69) is 5.32 Å². The zero-order valence-electron chi connectivity index (χ0n) is 15.9. The first-order chi connectivity index (χ1) is 14.1. The summed E-state index contributed by atoms with van der Waals surface area (Å²) in [5, 5.41) is 11.9. The molecule has 4 rings (SSSR count). The number of likely N-dealkylation sites (tertiary alicyclic amines) is 1. The van der Waals surface area contributed by atoms with Gasteiger partial charge >= 0.3 is 0 Å². The summed E-state index contributed by atoms with van der Waals surface area (Å²) < 4.78 is 11.4. The smallest absolute Gasteiger partial charge is 0.255 e. The third-order valence-electron chi connectivity index (χ3n) is 5.29. The fourth-order valence-corrected chi connectivity index (χ4v) is 3.70. The minimum absolute atomic E-state index is 0.120. The van der Waals surface area contributed by atoms with Gasteiger partial charge in [-0.2, -0.15) is 5.26 Å². The van der Waals surface area contributed by atoms with E-state index < -0.39 is 5.79 Å². The van der Waals surface area contributed by atoms with Crippen LogP contribution in [0.5, 0.6) is 0 Å². The lowest BCUT2D eigenvalue weighted by molar-refractivity contribution is -0.181. The van der Waals surface area contributed by atoms with Crippen LogP contribution in [0.2, 0.25) is 0 Å².